The molecule has 1 N–H and O–H groups in total. The van der Waals surface area contributed by atoms with Gasteiger partial charge in [0.25, 0.3) is 0 Å². The van der Waals surface area contributed by atoms with E-state index in [0.717, 1.165) is 27.5 Å². The Balaban J connectivity index is 1.52. The summed E-state index contributed by atoms with van der Waals surface area (Å²) in [7, 11) is 0. The number of nitrogens with zero attached hydrogens (tertiary/aromatic N) is 2. The van der Waals surface area contributed by atoms with Crippen LogP contribution in [0.1, 0.15) is 17.2 Å². The van der Waals surface area contributed by atoms with Crippen molar-refractivity contribution >= 4 is 56.7 Å². The molecule has 0 spiro atoms. The first-order valence-corrected chi connectivity index (χ1v) is 11.4. The van der Waals surface area contributed by atoms with Gasteiger partial charge in [0, 0.05) is 27.1 Å². The molecule has 0 radical (unpaired) electrons. The lowest BCUT2D eigenvalue weighted by Crippen LogP contribution is -2.14. The molecule has 0 fully saturated rings. The Morgan fingerprint density at radius 2 is 1.82 bits per heavy atom. The number of aromatic nitrogens is 3. The number of para-hydroxylation sites is 3. The van der Waals surface area contributed by atoms with E-state index in [-0.39, 0.29) is 12.2 Å². The first kappa shape index (κ1) is 22.0. The molecule has 5 rings (SSSR count). The first-order chi connectivity index (χ1) is 16.0. The summed E-state index contributed by atoms with van der Waals surface area (Å²) < 4.78 is 8.41. The molecule has 166 valence electrons. The van der Waals surface area contributed by atoms with Crippen LogP contribution in [0.15, 0.2) is 77.9 Å². The molecule has 0 aliphatic heterocycles. The highest BCUT2D eigenvalue weighted by atomic mass is 35.5. The van der Waals surface area contributed by atoms with E-state index in [9.17, 15) is 4.79 Å². The lowest BCUT2D eigenvalue weighted by Gasteiger charge is -2.21. The van der Waals surface area contributed by atoms with E-state index >= 15 is 0 Å². The van der Waals surface area contributed by atoms with Gasteiger partial charge in [-0.2, -0.15) is 0 Å². The highest BCUT2D eigenvalue weighted by molar-refractivity contribution is 6.35. The zero-order chi connectivity index (χ0) is 22.9. The summed E-state index contributed by atoms with van der Waals surface area (Å²) in [6, 6.07) is 20.3. The van der Waals surface area contributed by atoms with E-state index in [2.05, 4.69) is 9.97 Å². The first-order valence-electron chi connectivity index (χ1n) is 10.3. The molecule has 0 amide bonds. The zero-order valence-corrected chi connectivity index (χ0v) is 19.5. The van der Waals surface area contributed by atoms with Crippen molar-refractivity contribution in [3.63, 3.8) is 0 Å². The molecule has 33 heavy (non-hydrogen) atoms. The van der Waals surface area contributed by atoms with Crippen molar-refractivity contribution in [3.8, 4) is 0 Å². The number of rotatable bonds is 6. The standard InChI is InChI=1S/C25H18Cl3N3O2/c26-16-8-9-18(20(28)11-16)23(12-31-14-29-21-6-1-2-7-22(21)31)33-13-15-10-24(32)30-25-17(15)4-3-5-19(25)27/h1-11,14,23H,12-13H2,(H,30,32). The third-order valence-corrected chi connectivity index (χ3v) is 6.43. The van der Waals surface area contributed by atoms with Crippen LogP contribution < -0.4 is 5.56 Å². The average Bonchev–Trinajstić information content (AvgIpc) is 3.20. The van der Waals surface area contributed by atoms with E-state index < -0.39 is 6.10 Å². The molecule has 0 bridgehead atoms. The fourth-order valence-corrected chi connectivity index (χ4v) is 4.71. The van der Waals surface area contributed by atoms with E-state index in [4.69, 9.17) is 39.5 Å². The Hall–Kier alpha value is -2.83. The SMILES string of the molecule is O=c1cc(COC(Cn2cnc3ccccc32)c2ccc(Cl)cc2Cl)c2cccc(Cl)c2[nH]1. The predicted molar refractivity (Wildman–Crippen MR) is 133 cm³/mol. The Kier molecular flexibility index (Phi) is 6.13. The molecule has 0 aliphatic rings. The van der Waals surface area contributed by atoms with Crippen LogP contribution in [0.3, 0.4) is 0 Å². The maximum absolute atomic E-state index is 12.2. The van der Waals surface area contributed by atoms with Gasteiger partial charge in [-0.15, -0.1) is 0 Å². The van der Waals surface area contributed by atoms with Crippen molar-refractivity contribution in [1.82, 2.24) is 14.5 Å². The van der Waals surface area contributed by atoms with Gasteiger partial charge in [-0.05, 0) is 35.9 Å². The molecule has 2 heterocycles. The van der Waals surface area contributed by atoms with Crippen molar-refractivity contribution < 1.29 is 4.74 Å². The lowest BCUT2D eigenvalue weighted by atomic mass is 10.1. The number of benzene rings is 3. The predicted octanol–water partition coefficient (Wildman–Crippen LogP) is 6.80. The van der Waals surface area contributed by atoms with Crippen LogP contribution in [0.4, 0.5) is 0 Å². The van der Waals surface area contributed by atoms with Crippen molar-refractivity contribution in [2.24, 2.45) is 0 Å². The fraction of sp³-hybridized carbons (Fsp3) is 0.120. The molecule has 1 unspecified atom stereocenters. The van der Waals surface area contributed by atoms with Crippen molar-refractivity contribution in [1.29, 1.82) is 0 Å². The van der Waals surface area contributed by atoms with Crippen LogP contribution in [-0.4, -0.2) is 14.5 Å². The topological polar surface area (TPSA) is 59.9 Å². The summed E-state index contributed by atoms with van der Waals surface area (Å²) >= 11 is 19.0. The highest BCUT2D eigenvalue weighted by Crippen LogP contribution is 2.32. The fourth-order valence-electron chi connectivity index (χ4n) is 3.96. The van der Waals surface area contributed by atoms with E-state index in [1.165, 1.54) is 6.07 Å². The number of hydrogen-bond donors (Lipinski definition) is 1. The molecule has 5 aromatic rings. The number of fused-ring (bicyclic) bond motifs is 2. The van der Waals surface area contributed by atoms with Crippen LogP contribution in [0.25, 0.3) is 21.9 Å². The number of hydrogen-bond acceptors (Lipinski definition) is 3. The van der Waals surface area contributed by atoms with Gasteiger partial charge in [-0.3, -0.25) is 4.79 Å². The van der Waals surface area contributed by atoms with Gasteiger partial charge in [0.2, 0.25) is 5.56 Å². The minimum atomic E-state index is -0.416. The average molecular weight is 499 g/mol. The summed E-state index contributed by atoms with van der Waals surface area (Å²) in [4.78, 5) is 19.5. The highest BCUT2D eigenvalue weighted by Gasteiger charge is 2.19. The molecular formula is C25H18Cl3N3O2. The number of nitrogens with one attached hydrogen (secondary N) is 1. The molecule has 2 aromatic heterocycles. The molecule has 0 aliphatic carbocycles. The molecule has 0 saturated carbocycles. The summed E-state index contributed by atoms with van der Waals surface area (Å²) in [6.07, 6.45) is 1.37. The normalized spacial score (nSPS) is 12.5. The molecule has 3 aromatic carbocycles. The van der Waals surface area contributed by atoms with Crippen LogP contribution in [0.2, 0.25) is 15.1 Å². The minimum absolute atomic E-state index is 0.191. The van der Waals surface area contributed by atoms with E-state index in [1.54, 1.807) is 24.5 Å². The molecule has 8 heteroatoms. The zero-order valence-electron chi connectivity index (χ0n) is 17.3. The monoisotopic (exact) mass is 497 g/mol. The van der Waals surface area contributed by atoms with Crippen molar-refractivity contribution in [3.05, 3.63) is 110 Å². The van der Waals surface area contributed by atoms with Gasteiger partial charge in [-0.1, -0.05) is 65.1 Å². The number of pyridine rings is 1. The van der Waals surface area contributed by atoms with Crippen LogP contribution in [0, 0.1) is 0 Å². The second-order valence-corrected chi connectivity index (χ2v) is 8.92. The Bertz CT molecular complexity index is 1530. The molecule has 5 nitrogen and oxygen atoms in total. The second-order valence-electron chi connectivity index (χ2n) is 7.67. The number of halogens is 3. The quantitative estimate of drug-likeness (QED) is 0.280. The summed E-state index contributed by atoms with van der Waals surface area (Å²) in [5.41, 5.74) is 3.77. The van der Waals surface area contributed by atoms with E-state index in [0.29, 0.717) is 27.1 Å². The van der Waals surface area contributed by atoms with Crippen LogP contribution in [-0.2, 0) is 17.9 Å². The minimum Gasteiger partial charge on any atom is -0.367 e. The molecule has 0 saturated heterocycles. The smallest absolute Gasteiger partial charge is 0.248 e. The third kappa shape index (κ3) is 4.50. The largest absolute Gasteiger partial charge is 0.367 e. The summed E-state index contributed by atoms with van der Waals surface area (Å²) in [5, 5.41) is 2.37. The maximum Gasteiger partial charge on any atom is 0.248 e. The van der Waals surface area contributed by atoms with Gasteiger partial charge in [0.05, 0.1) is 41.1 Å². The number of imidazole rings is 1. The summed E-state index contributed by atoms with van der Waals surface area (Å²) in [5.74, 6) is 0. The number of H-pyrrole nitrogens is 1. The van der Waals surface area contributed by atoms with Crippen molar-refractivity contribution in [2.75, 3.05) is 0 Å². The number of ether oxygens (including phenoxy) is 1. The van der Waals surface area contributed by atoms with Crippen molar-refractivity contribution in [2.45, 2.75) is 19.3 Å². The number of aromatic amines is 1. The Labute approximate surface area is 204 Å². The maximum atomic E-state index is 12.2. The lowest BCUT2D eigenvalue weighted by molar-refractivity contribution is 0.0293. The third-order valence-electron chi connectivity index (χ3n) is 5.55. The van der Waals surface area contributed by atoms with Gasteiger partial charge >= 0.3 is 0 Å². The Morgan fingerprint density at radius 3 is 2.67 bits per heavy atom. The van der Waals surface area contributed by atoms with Gasteiger partial charge in [-0.25, -0.2) is 4.98 Å². The van der Waals surface area contributed by atoms with Gasteiger partial charge in [0.1, 0.15) is 6.10 Å². The van der Waals surface area contributed by atoms with Crippen LogP contribution >= 0.6 is 34.8 Å². The molecule has 1 atom stereocenters. The van der Waals surface area contributed by atoms with E-state index in [1.807, 2.05) is 47.0 Å². The van der Waals surface area contributed by atoms with Gasteiger partial charge in [0.15, 0.2) is 0 Å². The Morgan fingerprint density at radius 1 is 0.970 bits per heavy atom. The molecular weight excluding hydrogens is 481 g/mol. The van der Waals surface area contributed by atoms with Crippen LogP contribution in [0.5, 0.6) is 0 Å². The second kappa shape index (κ2) is 9.20. The summed E-state index contributed by atoms with van der Waals surface area (Å²) in [6.45, 7) is 0.667. The van der Waals surface area contributed by atoms with Gasteiger partial charge < -0.3 is 14.3 Å².